The molecule has 6 heteroatoms. The van der Waals surface area contributed by atoms with Crippen LogP contribution in [0.15, 0.2) is 36.4 Å². The quantitative estimate of drug-likeness (QED) is 0.581. The molecule has 0 aliphatic rings. The van der Waals surface area contributed by atoms with Gasteiger partial charge in [0.05, 0.1) is 33.3 Å². The van der Waals surface area contributed by atoms with Gasteiger partial charge in [-0.05, 0) is 42.8 Å². The number of hydrogen-bond donors (Lipinski definition) is 0. The van der Waals surface area contributed by atoms with E-state index in [-0.39, 0.29) is 0 Å². The Labute approximate surface area is 155 Å². The van der Waals surface area contributed by atoms with Crippen molar-refractivity contribution in [2.75, 3.05) is 6.61 Å². The summed E-state index contributed by atoms with van der Waals surface area (Å²) in [5.74, 6) is 1.04. The molecule has 1 heterocycles. The van der Waals surface area contributed by atoms with E-state index in [9.17, 15) is 5.26 Å². The fourth-order valence-electron chi connectivity index (χ4n) is 2.64. The number of para-hydroxylation sites is 2. The minimum absolute atomic E-state index is 0.405. The molecule has 0 atom stereocenters. The molecule has 0 bridgehead atoms. The standard InChI is InChI=1S/C19H15Cl2N3O/c1-3-25-18-14(20)9-12(10-15(18)21)8-13(11-22)19-23-16-6-4-5-7-17(16)24(19)2/h4-10H,3H2,1-2H3/b13-8-. The van der Waals surface area contributed by atoms with Gasteiger partial charge < -0.3 is 9.30 Å². The Bertz CT molecular complexity index is 992. The molecule has 126 valence electrons. The number of nitrogens with zero attached hydrogens (tertiary/aromatic N) is 3. The number of rotatable bonds is 4. The molecule has 25 heavy (non-hydrogen) atoms. The normalized spacial score (nSPS) is 11.6. The molecule has 0 radical (unpaired) electrons. The van der Waals surface area contributed by atoms with Crippen LogP contribution in [0, 0.1) is 11.3 Å². The smallest absolute Gasteiger partial charge is 0.156 e. The highest BCUT2D eigenvalue weighted by molar-refractivity contribution is 6.37. The van der Waals surface area contributed by atoms with Crippen LogP contribution < -0.4 is 4.74 Å². The van der Waals surface area contributed by atoms with Crippen molar-refractivity contribution in [3.8, 4) is 11.8 Å². The molecular formula is C19H15Cl2N3O. The predicted octanol–water partition coefficient (Wildman–Crippen LogP) is 5.34. The van der Waals surface area contributed by atoms with E-state index in [1.807, 2.05) is 42.8 Å². The molecule has 4 nitrogen and oxygen atoms in total. The fraction of sp³-hybridized carbons (Fsp3) is 0.158. The predicted molar refractivity (Wildman–Crippen MR) is 102 cm³/mol. The Morgan fingerprint density at radius 2 is 1.96 bits per heavy atom. The maximum Gasteiger partial charge on any atom is 0.156 e. The average Bonchev–Trinajstić information content (AvgIpc) is 2.93. The summed E-state index contributed by atoms with van der Waals surface area (Å²) in [6, 6.07) is 13.4. The summed E-state index contributed by atoms with van der Waals surface area (Å²) < 4.78 is 7.32. The molecule has 0 aliphatic heterocycles. The third-order valence-electron chi connectivity index (χ3n) is 3.77. The summed E-state index contributed by atoms with van der Waals surface area (Å²) in [5, 5.41) is 10.4. The third kappa shape index (κ3) is 3.34. The molecule has 0 spiro atoms. The van der Waals surface area contributed by atoms with Crippen molar-refractivity contribution < 1.29 is 4.74 Å². The van der Waals surface area contributed by atoms with Crippen molar-refractivity contribution in [3.63, 3.8) is 0 Å². The summed E-state index contributed by atoms with van der Waals surface area (Å²) in [5.41, 5.74) is 2.93. The first kappa shape index (κ1) is 17.3. The van der Waals surface area contributed by atoms with E-state index in [1.54, 1.807) is 18.2 Å². The zero-order valence-corrected chi connectivity index (χ0v) is 15.3. The maximum absolute atomic E-state index is 9.61. The second-order valence-electron chi connectivity index (χ2n) is 5.40. The van der Waals surface area contributed by atoms with Crippen LogP contribution in [0.25, 0.3) is 22.7 Å². The molecule has 0 fully saturated rings. The lowest BCUT2D eigenvalue weighted by Gasteiger charge is -2.09. The molecule has 0 unspecified atom stereocenters. The monoisotopic (exact) mass is 371 g/mol. The van der Waals surface area contributed by atoms with Crippen LogP contribution in [0.5, 0.6) is 5.75 Å². The van der Waals surface area contributed by atoms with Crippen LogP contribution in [0.3, 0.4) is 0 Å². The highest BCUT2D eigenvalue weighted by Gasteiger charge is 2.13. The van der Waals surface area contributed by atoms with Gasteiger partial charge in [-0.15, -0.1) is 0 Å². The van der Waals surface area contributed by atoms with E-state index < -0.39 is 0 Å². The van der Waals surface area contributed by atoms with Gasteiger partial charge in [-0.25, -0.2) is 4.98 Å². The summed E-state index contributed by atoms with van der Waals surface area (Å²) in [7, 11) is 1.88. The first-order chi connectivity index (χ1) is 12.0. The largest absolute Gasteiger partial charge is 0.491 e. The van der Waals surface area contributed by atoms with Gasteiger partial charge in [0.15, 0.2) is 11.6 Å². The molecule has 0 saturated carbocycles. The number of allylic oxidation sites excluding steroid dienone is 1. The van der Waals surface area contributed by atoms with E-state index in [0.717, 1.165) is 11.0 Å². The zero-order chi connectivity index (χ0) is 18.0. The molecule has 3 rings (SSSR count). The molecule has 0 amide bonds. The molecular weight excluding hydrogens is 357 g/mol. The van der Waals surface area contributed by atoms with Gasteiger partial charge in [0.2, 0.25) is 0 Å². The maximum atomic E-state index is 9.61. The number of nitriles is 1. The van der Waals surface area contributed by atoms with Crippen molar-refractivity contribution in [1.82, 2.24) is 9.55 Å². The van der Waals surface area contributed by atoms with Crippen LogP contribution in [0.1, 0.15) is 18.3 Å². The fourth-order valence-corrected chi connectivity index (χ4v) is 3.26. The van der Waals surface area contributed by atoms with E-state index in [0.29, 0.717) is 39.4 Å². The summed E-state index contributed by atoms with van der Waals surface area (Å²) in [6.07, 6.45) is 1.72. The van der Waals surface area contributed by atoms with E-state index in [4.69, 9.17) is 27.9 Å². The second-order valence-corrected chi connectivity index (χ2v) is 6.21. The minimum atomic E-state index is 0.405. The Morgan fingerprint density at radius 3 is 2.56 bits per heavy atom. The van der Waals surface area contributed by atoms with Gasteiger partial charge in [0.25, 0.3) is 0 Å². The topological polar surface area (TPSA) is 50.8 Å². The van der Waals surface area contributed by atoms with Crippen molar-refractivity contribution in [1.29, 1.82) is 5.26 Å². The van der Waals surface area contributed by atoms with Gasteiger partial charge in [-0.3, -0.25) is 0 Å². The van der Waals surface area contributed by atoms with Crippen molar-refractivity contribution in [2.24, 2.45) is 7.05 Å². The van der Waals surface area contributed by atoms with E-state index in [1.165, 1.54) is 0 Å². The third-order valence-corrected chi connectivity index (χ3v) is 4.33. The Balaban J connectivity index is 2.09. The zero-order valence-electron chi connectivity index (χ0n) is 13.8. The lowest BCUT2D eigenvalue weighted by atomic mass is 10.1. The van der Waals surface area contributed by atoms with E-state index >= 15 is 0 Å². The van der Waals surface area contributed by atoms with Crippen LogP contribution >= 0.6 is 23.2 Å². The van der Waals surface area contributed by atoms with Crippen LogP contribution in [-0.2, 0) is 7.05 Å². The second kappa shape index (κ2) is 7.18. The number of aryl methyl sites for hydroxylation is 1. The number of aromatic nitrogens is 2. The summed E-state index contributed by atoms with van der Waals surface area (Å²) >= 11 is 12.5. The van der Waals surface area contributed by atoms with Gasteiger partial charge in [0, 0.05) is 7.05 Å². The van der Waals surface area contributed by atoms with E-state index in [2.05, 4.69) is 11.1 Å². The molecule has 3 aromatic rings. The molecule has 0 saturated heterocycles. The number of fused-ring (bicyclic) bond motifs is 1. The minimum Gasteiger partial charge on any atom is -0.491 e. The average molecular weight is 372 g/mol. The van der Waals surface area contributed by atoms with Gasteiger partial charge in [-0.2, -0.15) is 5.26 Å². The Kier molecular flexibility index (Phi) is 4.98. The Morgan fingerprint density at radius 1 is 1.28 bits per heavy atom. The van der Waals surface area contributed by atoms with Crippen molar-refractivity contribution >= 4 is 45.9 Å². The van der Waals surface area contributed by atoms with Gasteiger partial charge in [0.1, 0.15) is 6.07 Å². The van der Waals surface area contributed by atoms with Crippen LogP contribution in [0.4, 0.5) is 0 Å². The summed E-state index contributed by atoms with van der Waals surface area (Å²) in [4.78, 5) is 4.55. The summed E-state index contributed by atoms with van der Waals surface area (Å²) in [6.45, 7) is 2.33. The number of imidazole rings is 1. The first-order valence-electron chi connectivity index (χ1n) is 7.70. The van der Waals surface area contributed by atoms with Gasteiger partial charge in [-0.1, -0.05) is 35.3 Å². The molecule has 1 aromatic heterocycles. The van der Waals surface area contributed by atoms with Crippen LogP contribution in [0.2, 0.25) is 10.0 Å². The lowest BCUT2D eigenvalue weighted by Crippen LogP contribution is -1.96. The molecule has 0 N–H and O–H groups in total. The lowest BCUT2D eigenvalue weighted by molar-refractivity contribution is 0.340. The highest BCUT2D eigenvalue weighted by Crippen LogP contribution is 2.35. The molecule has 2 aromatic carbocycles. The van der Waals surface area contributed by atoms with Crippen molar-refractivity contribution in [2.45, 2.75) is 6.92 Å². The Hall–Kier alpha value is -2.48. The number of benzene rings is 2. The first-order valence-corrected chi connectivity index (χ1v) is 8.46. The number of hydrogen-bond acceptors (Lipinski definition) is 3. The van der Waals surface area contributed by atoms with Crippen LogP contribution in [-0.4, -0.2) is 16.2 Å². The number of ether oxygens (including phenoxy) is 1. The highest BCUT2D eigenvalue weighted by atomic mass is 35.5. The SMILES string of the molecule is CCOc1c(Cl)cc(/C=C(/C#N)c2nc3ccccc3n2C)cc1Cl. The number of halogens is 2. The van der Waals surface area contributed by atoms with Gasteiger partial charge >= 0.3 is 0 Å². The van der Waals surface area contributed by atoms with Crippen molar-refractivity contribution in [3.05, 3.63) is 57.8 Å². The molecule has 0 aliphatic carbocycles.